The molecule has 0 aliphatic carbocycles. The van der Waals surface area contributed by atoms with Crippen LogP contribution in [0.25, 0.3) is 10.8 Å². The number of hydrogen-bond donors (Lipinski definition) is 1. The summed E-state index contributed by atoms with van der Waals surface area (Å²) in [5.41, 5.74) is 2.55. The number of fused-ring (bicyclic) bond motifs is 2. The van der Waals surface area contributed by atoms with Crippen molar-refractivity contribution in [2.24, 2.45) is 0 Å². The molecule has 1 unspecified atom stereocenters. The predicted octanol–water partition coefficient (Wildman–Crippen LogP) is 6.62. The summed E-state index contributed by atoms with van der Waals surface area (Å²) in [6, 6.07) is 28.9. The SMILES string of the molecule is O=C(C[C@@H](NS(=O)(=O)c1ccc2ccccc2c1)c1ccccc1)N1CCc2sccc2C1c1ccc(F)cc1. The Morgan fingerprint density at radius 3 is 2.42 bits per heavy atom. The summed E-state index contributed by atoms with van der Waals surface area (Å²) in [6.45, 7) is 0.493. The number of nitrogens with zero attached hydrogens (tertiary/aromatic N) is 1. The van der Waals surface area contributed by atoms with Crippen LogP contribution in [0.3, 0.4) is 0 Å². The molecule has 0 radical (unpaired) electrons. The number of hydrogen-bond acceptors (Lipinski definition) is 4. The van der Waals surface area contributed by atoms with Crippen LogP contribution in [-0.2, 0) is 21.2 Å². The average molecular weight is 571 g/mol. The maximum absolute atomic E-state index is 14.0. The van der Waals surface area contributed by atoms with E-state index < -0.39 is 16.1 Å². The van der Waals surface area contributed by atoms with E-state index in [1.807, 2.05) is 66.0 Å². The molecule has 40 heavy (non-hydrogen) atoms. The van der Waals surface area contributed by atoms with Gasteiger partial charge in [-0.25, -0.2) is 17.5 Å². The first-order chi connectivity index (χ1) is 19.4. The largest absolute Gasteiger partial charge is 0.331 e. The molecule has 5 aromatic rings. The van der Waals surface area contributed by atoms with Crippen molar-refractivity contribution in [3.05, 3.63) is 136 Å². The number of rotatable bonds is 7. The molecule has 0 bridgehead atoms. The van der Waals surface area contributed by atoms with Crippen molar-refractivity contribution in [1.29, 1.82) is 0 Å². The summed E-state index contributed by atoms with van der Waals surface area (Å²) < 4.78 is 43.7. The van der Waals surface area contributed by atoms with Crippen LogP contribution in [0.2, 0.25) is 0 Å². The Labute approximate surface area is 237 Å². The molecule has 6 rings (SSSR count). The maximum atomic E-state index is 14.0. The average Bonchev–Trinajstić information content (AvgIpc) is 3.46. The molecule has 0 saturated carbocycles. The molecule has 1 N–H and O–H groups in total. The van der Waals surface area contributed by atoms with E-state index in [1.165, 1.54) is 17.0 Å². The minimum absolute atomic E-state index is 0.0615. The van der Waals surface area contributed by atoms with Gasteiger partial charge >= 0.3 is 0 Å². The van der Waals surface area contributed by atoms with Gasteiger partial charge in [-0.15, -0.1) is 11.3 Å². The van der Waals surface area contributed by atoms with E-state index in [0.29, 0.717) is 12.1 Å². The highest BCUT2D eigenvalue weighted by Gasteiger charge is 2.34. The molecule has 1 aromatic heterocycles. The van der Waals surface area contributed by atoms with Crippen molar-refractivity contribution in [2.75, 3.05) is 6.54 Å². The summed E-state index contributed by atoms with van der Waals surface area (Å²) in [6.07, 6.45) is 0.656. The monoisotopic (exact) mass is 570 g/mol. The molecule has 5 nitrogen and oxygen atoms in total. The van der Waals surface area contributed by atoms with Gasteiger partial charge in [-0.05, 0) is 69.6 Å². The third-order valence-electron chi connectivity index (χ3n) is 7.38. The number of benzene rings is 4. The Kier molecular flexibility index (Phi) is 7.23. The molecule has 202 valence electrons. The second kappa shape index (κ2) is 11.0. The minimum Gasteiger partial charge on any atom is -0.331 e. The number of halogens is 1. The van der Waals surface area contributed by atoms with Gasteiger partial charge in [-0.3, -0.25) is 4.79 Å². The molecule has 0 fully saturated rings. The lowest BCUT2D eigenvalue weighted by atomic mass is 9.92. The fraction of sp³-hybridized carbons (Fsp3) is 0.156. The Morgan fingerprint density at radius 2 is 1.65 bits per heavy atom. The molecule has 1 amide bonds. The lowest BCUT2D eigenvalue weighted by Crippen LogP contribution is -2.42. The second-order valence-electron chi connectivity index (χ2n) is 9.89. The first-order valence-corrected chi connectivity index (χ1v) is 15.4. The van der Waals surface area contributed by atoms with Crippen LogP contribution < -0.4 is 4.72 Å². The zero-order chi connectivity index (χ0) is 27.7. The Hall–Kier alpha value is -3.85. The molecule has 1 aliphatic rings. The van der Waals surface area contributed by atoms with E-state index in [0.717, 1.165) is 28.3 Å². The quantitative estimate of drug-likeness (QED) is 0.239. The van der Waals surface area contributed by atoms with Crippen LogP contribution in [0.4, 0.5) is 4.39 Å². The van der Waals surface area contributed by atoms with Crippen LogP contribution >= 0.6 is 11.3 Å². The lowest BCUT2D eigenvalue weighted by molar-refractivity contribution is -0.133. The number of amides is 1. The predicted molar refractivity (Wildman–Crippen MR) is 156 cm³/mol. The van der Waals surface area contributed by atoms with Gasteiger partial charge in [0.15, 0.2) is 0 Å². The van der Waals surface area contributed by atoms with Crippen LogP contribution in [0.15, 0.2) is 113 Å². The van der Waals surface area contributed by atoms with Crippen molar-refractivity contribution in [3.63, 3.8) is 0 Å². The van der Waals surface area contributed by atoms with Crippen molar-refractivity contribution >= 4 is 38.0 Å². The molecule has 2 atom stereocenters. The molecular formula is C32H27FN2O3S2. The second-order valence-corrected chi connectivity index (χ2v) is 12.6. The van der Waals surface area contributed by atoms with Gasteiger partial charge in [-0.1, -0.05) is 72.8 Å². The first-order valence-electron chi connectivity index (χ1n) is 13.1. The van der Waals surface area contributed by atoms with Gasteiger partial charge in [0.1, 0.15) is 5.82 Å². The highest BCUT2D eigenvalue weighted by atomic mass is 32.2. The highest BCUT2D eigenvalue weighted by molar-refractivity contribution is 7.89. The van der Waals surface area contributed by atoms with Crippen LogP contribution in [0.5, 0.6) is 0 Å². The van der Waals surface area contributed by atoms with Crippen LogP contribution in [-0.4, -0.2) is 25.8 Å². The van der Waals surface area contributed by atoms with E-state index in [4.69, 9.17) is 0 Å². The Morgan fingerprint density at radius 1 is 0.925 bits per heavy atom. The fourth-order valence-corrected chi connectivity index (χ4v) is 7.55. The summed E-state index contributed by atoms with van der Waals surface area (Å²) in [4.78, 5) is 17.1. The number of carbonyl (C=O) groups excluding carboxylic acids is 1. The van der Waals surface area contributed by atoms with E-state index in [2.05, 4.69) is 4.72 Å². The number of nitrogens with one attached hydrogen (secondary N) is 1. The van der Waals surface area contributed by atoms with Gasteiger partial charge < -0.3 is 4.90 Å². The molecule has 2 heterocycles. The van der Waals surface area contributed by atoms with Gasteiger partial charge in [0.05, 0.1) is 17.0 Å². The van der Waals surface area contributed by atoms with Crippen molar-refractivity contribution in [3.8, 4) is 0 Å². The molecular weight excluding hydrogens is 543 g/mol. The zero-order valence-electron chi connectivity index (χ0n) is 21.5. The fourth-order valence-electron chi connectivity index (χ4n) is 5.38. The molecule has 8 heteroatoms. The molecule has 1 aliphatic heterocycles. The lowest BCUT2D eigenvalue weighted by Gasteiger charge is -2.37. The Bertz CT molecular complexity index is 1770. The van der Waals surface area contributed by atoms with Gasteiger partial charge in [0.2, 0.25) is 15.9 Å². The number of sulfonamides is 1. The van der Waals surface area contributed by atoms with Gasteiger partial charge in [-0.2, -0.15) is 0 Å². The summed E-state index contributed by atoms with van der Waals surface area (Å²) in [5, 5.41) is 3.78. The van der Waals surface area contributed by atoms with Crippen molar-refractivity contribution in [1.82, 2.24) is 9.62 Å². The smallest absolute Gasteiger partial charge is 0.241 e. The zero-order valence-corrected chi connectivity index (χ0v) is 23.2. The highest BCUT2D eigenvalue weighted by Crippen LogP contribution is 2.39. The molecule has 0 saturated heterocycles. The van der Waals surface area contributed by atoms with E-state index in [1.54, 1.807) is 46.6 Å². The standard InChI is InChI=1S/C32H27FN2O3S2/c33-26-13-10-24(11-14-26)32-28-17-19-39-30(28)16-18-35(32)31(36)21-29(23-7-2-1-3-8-23)34-40(37,38)27-15-12-22-6-4-5-9-25(22)20-27/h1-15,17,19-20,29,32,34H,16,18,21H2/t29-,32?/m1/s1. The van der Waals surface area contributed by atoms with Gasteiger partial charge in [0.25, 0.3) is 0 Å². The Balaban J connectivity index is 1.32. The van der Waals surface area contributed by atoms with E-state index in [9.17, 15) is 17.6 Å². The van der Waals surface area contributed by atoms with Gasteiger partial charge in [0, 0.05) is 17.8 Å². The van der Waals surface area contributed by atoms with E-state index >= 15 is 0 Å². The third-order valence-corrected chi connectivity index (χ3v) is 9.85. The number of carbonyl (C=O) groups is 1. The van der Waals surface area contributed by atoms with Crippen LogP contribution in [0.1, 0.15) is 40.1 Å². The number of thiophene rings is 1. The van der Waals surface area contributed by atoms with E-state index in [-0.39, 0.29) is 29.1 Å². The molecule has 0 spiro atoms. The normalized spacial score (nSPS) is 16.0. The summed E-state index contributed by atoms with van der Waals surface area (Å²) in [5.74, 6) is -0.517. The maximum Gasteiger partial charge on any atom is 0.241 e. The summed E-state index contributed by atoms with van der Waals surface area (Å²) >= 11 is 1.65. The van der Waals surface area contributed by atoms with Crippen molar-refractivity contribution in [2.45, 2.75) is 29.8 Å². The minimum atomic E-state index is -3.95. The molecule has 4 aromatic carbocycles. The first kappa shape index (κ1) is 26.4. The third kappa shape index (κ3) is 5.30. The van der Waals surface area contributed by atoms with Crippen LogP contribution in [0, 0.1) is 5.82 Å². The topological polar surface area (TPSA) is 66.5 Å². The summed E-state index contributed by atoms with van der Waals surface area (Å²) in [7, 11) is -3.95. The van der Waals surface area contributed by atoms with Crippen molar-refractivity contribution < 1.29 is 17.6 Å².